The van der Waals surface area contributed by atoms with Crippen LogP contribution in [0.4, 0.5) is 10.8 Å². The van der Waals surface area contributed by atoms with Crippen molar-refractivity contribution >= 4 is 51.4 Å². The Morgan fingerprint density at radius 2 is 1.95 bits per heavy atom. The predicted molar refractivity (Wildman–Crippen MR) is 90.8 cm³/mol. The molecule has 114 valence electrons. The van der Waals surface area contributed by atoms with Gasteiger partial charge < -0.3 is 16.8 Å². The van der Waals surface area contributed by atoms with Crippen LogP contribution in [0.25, 0.3) is 0 Å². The molecule has 0 unspecified atom stereocenters. The largest absolute Gasteiger partial charge is 0.370 e. The molecule has 1 amide bonds. The van der Waals surface area contributed by atoms with E-state index in [0.29, 0.717) is 5.13 Å². The zero-order valence-electron chi connectivity index (χ0n) is 11.2. The van der Waals surface area contributed by atoms with E-state index in [9.17, 15) is 4.79 Å². The third kappa shape index (κ3) is 4.68. The van der Waals surface area contributed by atoms with E-state index in [-0.39, 0.29) is 16.8 Å². The first-order chi connectivity index (χ1) is 10.5. The average Bonchev–Trinajstić information content (AvgIpc) is 2.93. The number of benzene rings is 1. The minimum Gasteiger partial charge on any atom is -0.370 e. The number of aliphatic imine (C=N–C) groups is 1. The van der Waals surface area contributed by atoms with Crippen LogP contribution in [0.3, 0.4) is 0 Å². The lowest BCUT2D eigenvalue weighted by molar-refractivity contribution is 0.0940. The third-order valence-electron chi connectivity index (χ3n) is 2.27. The number of nitrogens with two attached hydrogens (primary N) is 2. The number of thiocarbonyl (C=S) groups is 1. The van der Waals surface area contributed by atoms with Crippen molar-refractivity contribution in [1.82, 2.24) is 15.8 Å². The molecule has 0 bridgehead atoms. The van der Waals surface area contributed by atoms with Gasteiger partial charge in [-0.15, -0.1) is 11.3 Å². The number of aromatic nitrogens is 1. The molecule has 2 rings (SSSR count). The monoisotopic (exact) mass is 335 g/mol. The number of nitrogens with zero attached hydrogens (tertiary/aromatic N) is 2. The van der Waals surface area contributed by atoms with Gasteiger partial charge in [0.2, 0.25) is 5.13 Å². The Hall–Kier alpha value is -2.72. The van der Waals surface area contributed by atoms with Gasteiger partial charge in [-0.05, 0) is 24.4 Å². The zero-order chi connectivity index (χ0) is 15.9. The second-order valence-corrected chi connectivity index (χ2v) is 5.20. The van der Waals surface area contributed by atoms with E-state index in [1.165, 1.54) is 5.38 Å². The zero-order valence-corrected chi connectivity index (χ0v) is 12.9. The minimum atomic E-state index is -0.453. The van der Waals surface area contributed by atoms with Crippen LogP contribution in [0.1, 0.15) is 10.5 Å². The second-order valence-electron chi connectivity index (χ2n) is 3.95. The fourth-order valence-electron chi connectivity index (χ4n) is 1.39. The number of para-hydroxylation sites is 1. The van der Waals surface area contributed by atoms with Crippen molar-refractivity contribution < 1.29 is 4.79 Å². The lowest BCUT2D eigenvalue weighted by Gasteiger charge is -2.10. The Balaban J connectivity index is 1.86. The van der Waals surface area contributed by atoms with Gasteiger partial charge in [0.05, 0.1) is 0 Å². The van der Waals surface area contributed by atoms with Crippen LogP contribution in [0.5, 0.6) is 0 Å². The van der Waals surface area contributed by atoms with Gasteiger partial charge in [0.15, 0.2) is 11.1 Å². The molecule has 2 aromatic rings. The quantitative estimate of drug-likeness (QED) is 0.241. The summed E-state index contributed by atoms with van der Waals surface area (Å²) in [5.74, 6) is -0.571. The molecule has 0 saturated carbocycles. The number of hydrazine groups is 1. The number of nitrogens with one attached hydrogen (secondary N) is 3. The summed E-state index contributed by atoms with van der Waals surface area (Å²) in [7, 11) is 0. The standard InChI is InChI=1S/C12H13N7OS2/c13-10(14)17-12-16-8(6-22-12)9(20)18-19-11(21)15-7-4-2-1-3-5-7/h1-6H,(H,18,20)(H2,15,19,21)(H4,13,14,16,17). The van der Waals surface area contributed by atoms with E-state index in [0.717, 1.165) is 17.0 Å². The Morgan fingerprint density at radius 1 is 1.23 bits per heavy atom. The molecular weight excluding hydrogens is 322 g/mol. The molecule has 7 N–H and O–H groups in total. The van der Waals surface area contributed by atoms with Crippen molar-refractivity contribution in [3.63, 3.8) is 0 Å². The SMILES string of the molecule is NC(N)=Nc1nc(C(=O)NNC(=S)Nc2ccccc2)cs1. The smallest absolute Gasteiger partial charge is 0.289 e. The highest BCUT2D eigenvalue weighted by Crippen LogP contribution is 2.18. The van der Waals surface area contributed by atoms with E-state index >= 15 is 0 Å². The lowest BCUT2D eigenvalue weighted by atomic mass is 10.3. The maximum Gasteiger partial charge on any atom is 0.289 e. The molecule has 1 heterocycles. The Labute approximate surface area is 135 Å². The Kier molecular flexibility index (Phi) is 5.22. The number of guanidine groups is 1. The molecule has 22 heavy (non-hydrogen) atoms. The van der Waals surface area contributed by atoms with Crippen molar-refractivity contribution in [2.24, 2.45) is 16.5 Å². The van der Waals surface area contributed by atoms with Gasteiger partial charge >= 0.3 is 0 Å². The molecule has 0 radical (unpaired) electrons. The fourth-order valence-corrected chi connectivity index (χ4v) is 2.25. The Bertz CT molecular complexity index is 695. The molecule has 0 aliphatic heterocycles. The highest BCUT2D eigenvalue weighted by molar-refractivity contribution is 7.80. The maximum absolute atomic E-state index is 11.9. The lowest BCUT2D eigenvalue weighted by Crippen LogP contribution is -2.43. The van der Waals surface area contributed by atoms with Gasteiger partial charge in [0.1, 0.15) is 5.69 Å². The van der Waals surface area contributed by atoms with Gasteiger partial charge in [-0.2, -0.15) is 4.99 Å². The highest BCUT2D eigenvalue weighted by Gasteiger charge is 2.10. The fraction of sp³-hybridized carbons (Fsp3) is 0. The third-order valence-corrected chi connectivity index (χ3v) is 3.21. The first kappa shape index (κ1) is 15.7. The number of hydrogen-bond donors (Lipinski definition) is 5. The van der Waals surface area contributed by atoms with Crippen LogP contribution < -0.4 is 27.6 Å². The summed E-state index contributed by atoms with van der Waals surface area (Å²) in [5, 5.41) is 5.00. The van der Waals surface area contributed by atoms with E-state index < -0.39 is 5.91 Å². The number of carbonyl (C=O) groups excluding carboxylic acids is 1. The van der Waals surface area contributed by atoms with Crippen molar-refractivity contribution in [2.75, 3.05) is 5.32 Å². The first-order valence-electron chi connectivity index (χ1n) is 6.02. The number of thiazole rings is 1. The van der Waals surface area contributed by atoms with Gasteiger partial charge in [0, 0.05) is 11.1 Å². The van der Waals surface area contributed by atoms with Gasteiger partial charge in [-0.3, -0.25) is 15.6 Å². The minimum absolute atomic E-state index is 0.118. The van der Waals surface area contributed by atoms with Crippen LogP contribution in [0, 0.1) is 0 Å². The van der Waals surface area contributed by atoms with E-state index in [1.807, 2.05) is 30.3 Å². The molecule has 0 aliphatic carbocycles. The first-order valence-corrected chi connectivity index (χ1v) is 7.31. The van der Waals surface area contributed by atoms with E-state index in [1.54, 1.807) is 0 Å². The number of hydrogen-bond acceptors (Lipinski definition) is 5. The topological polar surface area (TPSA) is 130 Å². The van der Waals surface area contributed by atoms with Gasteiger partial charge in [0.25, 0.3) is 5.91 Å². The van der Waals surface area contributed by atoms with Crippen LogP contribution in [-0.4, -0.2) is 22.0 Å². The van der Waals surface area contributed by atoms with Crippen LogP contribution in [0.15, 0.2) is 40.7 Å². The molecule has 1 aromatic heterocycles. The van der Waals surface area contributed by atoms with Crippen molar-refractivity contribution in [3.05, 3.63) is 41.4 Å². The molecule has 1 aromatic carbocycles. The van der Waals surface area contributed by atoms with Gasteiger partial charge in [-0.1, -0.05) is 18.2 Å². The predicted octanol–water partition coefficient (Wildman–Crippen LogP) is 0.679. The molecule has 8 nitrogen and oxygen atoms in total. The van der Waals surface area contributed by atoms with Crippen LogP contribution >= 0.6 is 23.6 Å². The summed E-state index contributed by atoms with van der Waals surface area (Å²) in [6, 6.07) is 9.31. The van der Waals surface area contributed by atoms with Crippen molar-refractivity contribution in [3.8, 4) is 0 Å². The molecule has 0 aliphatic rings. The molecule has 0 saturated heterocycles. The normalized spacial score (nSPS) is 9.64. The van der Waals surface area contributed by atoms with E-state index in [4.69, 9.17) is 23.7 Å². The summed E-state index contributed by atoms with van der Waals surface area (Å²) in [5.41, 5.74) is 16.5. The summed E-state index contributed by atoms with van der Waals surface area (Å²) in [4.78, 5) is 19.6. The van der Waals surface area contributed by atoms with E-state index in [2.05, 4.69) is 26.1 Å². The number of anilines is 1. The molecule has 0 atom stereocenters. The molecule has 0 fully saturated rings. The number of amides is 1. The summed E-state index contributed by atoms with van der Waals surface area (Å²) < 4.78 is 0. The second kappa shape index (κ2) is 7.33. The van der Waals surface area contributed by atoms with Crippen molar-refractivity contribution in [1.29, 1.82) is 0 Å². The molecule has 0 spiro atoms. The number of carbonyl (C=O) groups is 1. The Morgan fingerprint density at radius 3 is 2.64 bits per heavy atom. The van der Waals surface area contributed by atoms with Crippen LogP contribution in [0.2, 0.25) is 0 Å². The van der Waals surface area contributed by atoms with Crippen LogP contribution in [-0.2, 0) is 0 Å². The highest BCUT2D eigenvalue weighted by atomic mass is 32.1. The molecule has 10 heteroatoms. The molecular formula is C12H13N7OS2. The average molecular weight is 335 g/mol. The van der Waals surface area contributed by atoms with Gasteiger partial charge in [-0.25, -0.2) is 4.98 Å². The maximum atomic E-state index is 11.9. The summed E-state index contributed by atoms with van der Waals surface area (Å²) in [6.07, 6.45) is 0. The summed E-state index contributed by atoms with van der Waals surface area (Å²) in [6.45, 7) is 0. The number of rotatable bonds is 3. The summed E-state index contributed by atoms with van der Waals surface area (Å²) >= 11 is 6.20. The van der Waals surface area contributed by atoms with Crippen molar-refractivity contribution in [2.45, 2.75) is 0 Å².